The lowest BCUT2D eigenvalue weighted by molar-refractivity contribution is -0.144. The van der Waals surface area contributed by atoms with Gasteiger partial charge in [0.15, 0.2) is 0 Å². The summed E-state index contributed by atoms with van der Waals surface area (Å²) in [5.74, 6) is 1.01. The first-order chi connectivity index (χ1) is 14.1. The second-order valence-corrected chi connectivity index (χ2v) is 9.20. The van der Waals surface area contributed by atoms with E-state index < -0.39 is 0 Å². The molecule has 0 bridgehead atoms. The van der Waals surface area contributed by atoms with Gasteiger partial charge in [0.1, 0.15) is 6.04 Å². The summed E-state index contributed by atoms with van der Waals surface area (Å²) in [4.78, 5) is 32.6. The number of piperazine rings is 1. The quantitative estimate of drug-likeness (QED) is 0.784. The van der Waals surface area contributed by atoms with Gasteiger partial charge in [-0.1, -0.05) is 49.1 Å². The minimum Gasteiger partial charge on any atom is -0.341 e. The Hall–Kier alpha value is -1.88. The first-order valence-corrected chi connectivity index (χ1v) is 11.5. The predicted octanol–water partition coefficient (Wildman–Crippen LogP) is 3.21. The molecule has 3 fully saturated rings. The number of fused-ring (bicyclic) bond motifs is 1. The molecule has 1 unspecified atom stereocenters. The van der Waals surface area contributed by atoms with E-state index in [9.17, 15) is 9.59 Å². The maximum Gasteiger partial charge on any atom is 0.242 e. The van der Waals surface area contributed by atoms with Crippen LogP contribution in [0.5, 0.6) is 0 Å². The molecule has 0 N–H and O–H groups in total. The molecule has 2 aliphatic heterocycles. The topological polar surface area (TPSA) is 43.9 Å². The number of carbonyl (C=O) groups excluding carboxylic acids is 2. The third-order valence-corrected chi connectivity index (χ3v) is 6.96. The molecule has 1 saturated carbocycles. The van der Waals surface area contributed by atoms with Gasteiger partial charge in [-0.15, -0.1) is 0 Å². The van der Waals surface area contributed by atoms with Crippen LogP contribution in [0, 0.1) is 12.8 Å². The maximum atomic E-state index is 13.3. The predicted molar refractivity (Wildman–Crippen MR) is 114 cm³/mol. The number of nitrogens with zero attached hydrogens (tertiary/aromatic N) is 3. The van der Waals surface area contributed by atoms with Crippen LogP contribution in [-0.2, 0) is 16.1 Å². The van der Waals surface area contributed by atoms with Crippen LogP contribution in [0.2, 0.25) is 0 Å². The maximum absolute atomic E-state index is 13.3. The number of amides is 2. The molecular formula is C24H35N3O2. The third kappa shape index (κ3) is 5.00. The van der Waals surface area contributed by atoms with Crippen LogP contribution in [0.1, 0.15) is 56.1 Å². The molecule has 29 heavy (non-hydrogen) atoms. The first kappa shape index (κ1) is 20.4. The highest BCUT2D eigenvalue weighted by atomic mass is 16.2. The molecule has 1 aliphatic carbocycles. The van der Waals surface area contributed by atoms with Gasteiger partial charge in [-0.2, -0.15) is 0 Å². The molecule has 4 rings (SSSR count). The zero-order valence-electron chi connectivity index (χ0n) is 17.8. The van der Waals surface area contributed by atoms with E-state index in [4.69, 9.17) is 0 Å². The lowest BCUT2D eigenvalue weighted by Gasteiger charge is -2.40. The van der Waals surface area contributed by atoms with E-state index in [0.29, 0.717) is 25.4 Å². The van der Waals surface area contributed by atoms with Crippen LogP contribution in [0.4, 0.5) is 0 Å². The molecule has 1 aromatic carbocycles. The Morgan fingerprint density at radius 3 is 2.66 bits per heavy atom. The van der Waals surface area contributed by atoms with Gasteiger partial charge in [0.25, 0.3) is 0 Å². The van der Waals surface area contributed by atoms with Gasteiger partial charge in [0.05, 0.1) is 0 Å². The minimum atomic E-state index is -0.175. The molecule has 0 radical (unpaired) electrons. The van der Waals surface area contributed by atoms with Crippen molar-refractivity contribution in [3.05, 3.63) is 35.4 Å². The fourth-order valence-corrected chi connectivity index (χ4v) is 5.29. The van der Waals surface area contributed by atoms with Gasteiger partial charge >= 0.3 is 0 Å². The Morgan fingerprint density at radius 2 is 1.86 bits per heavy atom. The highest BCUT2D eigenvalue weighted by Crippen LogP contribution is 2.27. The van der Waals surface area contributed by atoms with Crippen LogP contribution in [0.15, 0.2) is 24.3 Å². The van der Waals surface area contributed by atoms with Crippen molar-refractivity contribution < 1.29 is 9.59 Å². The van der Waals surface area contributed by atoms with E-state index in [0.717, 1.165) is 32.6 Å². The summed E-state index contributed by atoms with van der Waals surface area (Å²) in [7, 11) is 0. The van der Waals surface area contributed by atoms with Crippen molar-refractivity contribution in [1.29, 1.82) is 0 Å². The Labute approximate surface area is 175 Å². The standard InChI is InChI=1S/C24H35N3O2/c1-19-7-5-10-21(15-19)17-27-14-13-25-11-6-12-26(18-22(25)24(27)29)23(28)16-20-8-3-2-4-9-20/h5,7,10,15,20,22H,2-4,6,8-9,11-14,16-18H2,1H3. The van der Waals surface area contributed by atoms with Gasteiger partial charge < -0.3 is 9.80 Å². The van der Waals surface area contributed by atoms with E-state index in [1.165, 1.54) is 43.2 Å². The van der Waals surface area contributed by atoms with Crippen molar-refractivity contribution in [1.82, 2.24) is 14.7 Å². The SMILES string of the molecule is Cc1cccc(CN2CCN3CCCN(C(=O)CC4CCCCC4)CC3C2=O)c1. The monoisotopic (exact) mass is 397 g/mol. The van der Waals surface area contributed by atoms with E-state index in [1.807, 2.05) is 9.80 Å². The number of aryl methyl sites for hydroxylation is 1. The lowest BCUT2D eigenvalue weighted by atomic mass is 9.86. The van der Waals surface area contributed by atoms with Crippen LogP contribution >= 0.6 is 0 Å². The van der Waals surface area contributed by atoms with Crippen molar-refractivity contribution >= 4 is 11.8 Å². The smallest absolute Gasteiger partial charge is 0.242 e. The molecular weight excluding hydrogens is 362 g/mol. The van der Waals surface area contributed by atoms with Crippen molar-refractivity contribution in [3.63, 3.8) is 0 Å². The largest absolute Gasteiger partial charge is 0.341 e. The average molecular weight is 398 g/mol. The molecule has 2 saturated heterocycles. The lowest BCUT2D eigenvalue weighted by Crippen LogP contribution is -2.59. The van der Waals surface area contributed by atoms with E-state index in [1.54, 1.807) is 0 Å². The zero-order chi connectivity index (χ0) is 20.2. The number of rotatable bonds is 4. The molecule has 1 atom stereocenters. The van der Waals surface area contributed by atoms with Crippen LogP contribution in [-0.4, -0.2) is 65.3 Å². The summed E-state index contributed by atoms with van der Waals surface area (Å²) >= 11 is 0. The third-order valence-electron chi connectivity index (χ3n) is 6.96. The zero-order valence-corrected chi connectivity index (χ0v) is 17.8. The van der Waals surface area contributed by atoms with Crippen molar-refractivity contribution in [2.75, 3.05) is 32.7 Å². The van der Waals surface area contributed by atoms with Gasteiger partial charge in [0, 0.05) is 45.7 Å². The molecule has 1 aromatic rings. The van der Waals surface area contributed by atoms with Gasteiger partial charge in [-0.25, -0.2) is 0 Å². The fourth-order valence-electron chi connectivity index (χ4n) is 5.29. The summed E-state index contributed by atoms with van der Waals surface area (Å²) in [6, 6.07) is 8.23. The molecule has 158 valence electrons. The summed E-state index contributed by atoms with van der Waals surface area (Å²) in [6.45, 7) is 6.72. The van der Waals surface area contributed by atoms with Crippen LogP contribution in [0.3, 0.4) is 0 Å². The Balaban J connectivity index is 1.40. The van der Waals surface area contributed by atoms with Gasteiger partial charge in [0.2, 0.25) is 11.8 Å². The van der Waals surface area contributed by atoms with E-state index >= 15 is 0 Å². The summed E-state index contributed by atoms with van der Waals surface area (Å²) in [6.07, 6.45) is 7.88. The number of hydrogen-bond acceptors (Lipinski definition) is 3. The molecule has 5 heteroatoms. The minimum absolute atomic E-state index is 0.175. The highest BCUT2D eigenvalue weighted by Gasteiger charge is 2.38. The van der Waals surface area contributed by atoms with E-state index in [2.05, 4.69) is 36.1 Å². The van der Waals surface area contributed by atoms with Gasteiger partial charge in [-0.05, 0) is 37.7 Å². The molecule has 2 amide bonds. The first-order valence-electron chi connectivity index (χ1n) is 11.5. The van der Waals surface area contributed by atoms with Crippen molar-refractivity contribution in [3.8, 4) is 0 Å². The fraction of sp³-hybridized carbons (Fsp3) is 0.667. The number of carbonyl (C=O) groups is 2. The molecule has 0 aromatic heterocycles. The number of benzene rings is 1. The summed E-state index contributed by atoms with van der Waals surface area (Å²) in [5.41, 5.74) is 2.41. The Morgan fingerprint density at radius 1 is 1.03 bits per heavy atom. The number of hydrogen-bond donors (Lipinski definition) is 0. The second kappa shape index (κ2) is 9.29. The molecule has 0 spiro atoms. The summed E-state index contributed by atoms with van der Waals surface area (Å²) < 4.78 is 0. The van der Waals surface area contributed by atoms with Crippen molar-refractivity contribution in [2.45, 2.75) is 64.5 Å². The Bertz CT molecular complexity index is 729. The normalized spacial score (nSPS) is 24.3. The summed E-state index contributed by atoms with van der Waals surface area (Å²) in [5, 5.41) is 0. The van der Waals surface area contributed by atoms with E-state index in [-0.39, 0.29) is 17.9 Å². The highest BCUT2D eigenvalue weighted by molar-refractivity contribution is 5.84. The van der Waals surface area contributed by atoms with Crippen molar-refractivity contribution in [2.24, 2.45) is 5.92 Å². The molecule has 5 nitrogen and oxygen atoms in total. The van der Waals surface area contributed by atoms with Crippen LogP contribution < -0.4 is 0 Å². The van der Waals surface area contributed by atoms with Crippen LogP contribution in [0.25, 0.3) is 0 Å². The van der Waals surface area contributed by atoms with Gasteiger partial charge in [-0.3, -0.25) is 14.5 Å². The molecule has 2 heterocycles. The Kier molecular flexibility index (Phi) is 6.53. The second-order valence-electron chi connectivity index (χ2n) is 9.20. The average Bonchev–Trinajstić information content (AvgIpc) is 2.94. The molecule has 3 aliphatic rings.